The lowest BCUT2D eigenvalue weighted by atomic mass is 9.99. The number of hydrogen-bond acceptors (Lipinski definition) is 4. The Morgan fingerprint density at radius 3 is 2.48 bits per heavy atom. The number of benzene rings is 2. The lowest BCUT2D eigenvalue weighted by Gasteiger charge is -2.08. The SMILES string of the molecule is C[C@H](CC(=O)O)CC(=O)C(=CCCCCOCc1cccc(Cl)c1)N=Cc1cccc(Cl)c1. The van der Waals surface area contributed by atoms with Crippen molar-refractivity contribution < 1.29 is 19.4 Å². The molecule has 0 saturated heterocycles. The fraction of sp³-hybridized carbons (Fsp3) is 0.346. The molecule has 5 nitrogen and oxygen atoms in total. The largest absolute Gasteiger partial charge is 0.481 e. The summed E-state index contributed by atoms with van der Waals surface area (Å²) in [7, 11) is 0. The van der Waals surface area contributed by atoms with E-state index in [0.717, 1.165) is 24.0 Å². The Hall–Kier alpha value is -2.47. The van der Waals surface area contributed by atoms with Crippen LogP contribution in [0.25, 0.3) is 0 Å². The van der Waals surface area contributed by atoms with Crippen molar-refractivity contribution >= 4 is 41.2 Å². The van der Waals surface area contributed by atoms with Crippen LogP contribution >= 0.6 is 23.2 Å². The number of ketones is 1. The van der Waals surface area contributed by atoms with Crippen LogP contribution < -0.4 is 0 Å². The van der Waals surface area contributed by atoms with Crippen LogP contribution in [0.1, 0.15) is 50.2 Å². The molecule has 0 saturated carbocycles. The molecule has 0 spiro atoms. The predicted octanol–water partition coefficient (Wildman–Crippen LogP) is 6.75. The van der Waals surface area contributed by atoms with E-state index >= 15 is 0 Å². The summed E-state index contributed by atoms with van der Waals surface area (Å²) in [5.41, 5.74) is 2.15. The minimum atomic E-state index is -0.916. The third kappa shape index (κ3) is 11.3. The predicted molar refractivity (Wildman–Crippen MR) is 133 cm³/mol. The summed E-state index contributed by atoms with van der Waals surface area (Å²) in [4.78, 5) is 28.0. The van der Waals surface area contributed by atoms with Gasteiger partial charge in [-0.1, -0.05) is 60.5 Å². The van der Waals surface area contributed by atoms with E-state index in [4.69, 9.17) is 33.0 Å². The van der Waals surface area contributed by atoms with Gasteiger partial charge in [0, 0.05) is 35.7 Å². The number of carboxylic acids is 1. The van der Waals surface area contributed by atoms with Crippen LogP contribution in [0.15, 0.2) is 65.3 Å². The van der Waals surface area contributed by atoms with Gasteiger partial charge in [-0.05, 0) is 60.6 Å². The second kappa shape index (κ2) is 14.6. The van der Waals surface area contributed by atoms with Crippen molar-refractivity contribution in [1.29, 1.82) is 0 Å². The number of nitrogens with zero attached hydrogens (tertiary/aromatic N) is 1. The smallest absolute Gasteiger partial charge is 0.303 e. The maximum absolute atomic E-state index is 12.7. The minimum absolute atomic E-state index is 0.0546. The number of halogens is 2. The first-order chi connectivity index (χ1) is 15.8. The van der Waals surface area contributed by atoms with Crippen molar-refractivity contribution in [2.24, 2.45) is 10.9 Å². The Balaban J connectivity index is 1.89. The van der Waals surface area contributed by atoms with Crippen LogP contribution in [-0.2, 0) is 20.9 Å². The van der Waals surface area contributed by atoms with E-state index in [2.05, 4.69) is 4.99 Å². The summed E-state index contributed by atoms with van der Waals surface area (Å²) in [5.74, 6) is -1.35. The number of Topliss-reactive ketones (excluding diaryl/α,β-unsaturated/α-hetero) is 1. The first-order valence-corrected chi connectivity index (χ1v) is 11.7. The number of carboxylic acid groups (broad SMARTS) is 1. The average molecular weight is 490 g/mol. The molecule has 0 radical (unpaired) electrons. The highest BCUT2D eigenvalue weighted by Gasteiger charge is 2.15. The summed E-state index contributed by atoms with van der Waals surface area (Å²) in [6, 6.07) is 14.8. The van der Waals surface area contributed by atoms with Gasteiger partial charge in [-0.25, -0.2) is 0 Å². The van der Waals surface area contributed by atoms with Gasteiger partial charge >= 0.3 is 5.97 Å². The fourth-order valence-corrected chi connectivity index (χ4v) is 3.58. The molecule has 0 aliphatic heterocycles. The molecule has 0 fully saturated rings. The van der Waals surface area contributed by atoms with E-state index in [0.29, 0.717) is 35.4 Å². The molecule has 2 rings (SSSR count). The molecule has 0 aliphatic rings. The van der Waals surface area contributed by atoms with Gasteiger partial charge < -0.3 is 9.84 Å². The quantitative estimate of drug-likeness (QED) is 0.181. The molecule has 0 heterocycles. The second-order valence-corrected chi connectivity index (χ2v) is 8.78. The summed E-state index contributed by atoms with van der Waals surface area (Å²) < 4.78 is 5.69. The van der Waals surface area contributed by atoms with Crippen LogP contribution in [0, 0.1) is 5.92 Å². The second-order valence-electron chi connectivity index (χ2n) is 7.91. The molecule has 0 aromatic heterocycles. The van der Waals surface area contributed by atoms with Crippen LogP contribution in [0.5, 0.6) is 0 Å². The molecule has 0 amide bonds. The summed E-state index contributed by atoms with van der Waals surface area (Å²) in [6.45, 7) is 2.86. The molecule has 0 unspecified atom stereocenters. The van der Waals surface area contributed by atoms with Gasteiger partial charge in [-0.3, -0.25) is 14.6 Å². The highest BCUT2D eigenvalue weighted by atomic mass is 35.5. The van der Waals surface area contributed by atoms with E-state index in [1.165, 1.54) is 0 Å². The third-order valence-electron chi connectivity index (χ3n) is 4.78. The molecule has 0 bridgehead atoms. The van der Waals surface area contributed by atoms with Gasteiger partial charge in [-0.15, -0.1) is 0 Å². The van der Waals surface area contributed by atoms with Gasteiger partial charge in [0.2, 0.25) is 0 Å². The zero-order chi connectivity index (χ0) is 24.1. The first-order valence-electron chi connectivity index (χ1n) is 10.9. The molecule has 33 heavy (non-hydrogen) atoms. The van der Waals surface area contributed by atoms with Crippen molar-refractivity contribution in [3.63, 3.8) is 0 Å². The molecule has 7 heteroatoms. The number of aliphatic carboxylic acids is 1. The molecular formula is C26H29Cl2NO4. The number of hydrogen-bond donors (Lipinski definition) is 1. The Morgan fingerprint density at radius 1 is 1.06 bits per heavy atom. The van der Waals surface area contributed by atoms with Gasteiger partial charge in [0.15, 0.2) is 5.78 Å². The van der Waals surface area contributed by atoms with E-state index in [9.17, 15) is 9.59 Å². The highest BCUT2D eigenvalue weighted by Crippen LogP contribution is 2.16. The number of carbonyl (C=O) groups is 2. The molecule has 1 atom stereocenters. The first kappa shape index (κ1) is 26.8. The Kier molecular flexibility index (Phi) is 11.9. The number of rotatable bonds is 14. The topological polar surface area (TPSA) is 76.0 Å². The summed E-state index contributed by atoms with van der Waals surface area (Å²) in [5, 5.41) is 10.2. The van der Waals surface area contributed by atoms with E-state index in [-0.39, 0.29) is 24.5 Å². The van der Waals surface area contributed by atoms with Gasteiger partial charge in [0.25, 0.3) is 0 Å². The highest BCUT2D eigenvalue weighted by molar-refractivity contribution is 6.31. The molecule has 2 aromatic carbocycles. The number of aliphatic imine (C=N–C) groups is 1. The van der Waals surface area contributed by atoms with Crippen molar-refractivity contribution in [1.82, 2.24) is 0 Å². The summed E-state index contributed by atoms with van der Waals surface area (Å²) in [6.07, 6.45) is 5.84. The van der Waals surface area contributed by atoms with Crippen molar-refractivity contribution in [3.8, 4) is 0 Å². The van der Waals surface area contributed by atoms with Crippen molar-refractivity contribution in [2.75, 3.05) is 6.61 Å². The van der Waals surface area contributed by atoms with E-state index in [1.807, 2.05) is 42.5 Å². The number of unbranched alkanes of at least 4 members (excludes halogenated alkanes) is 2. The minimum Gasteiger partial charge on any atom is -0.481 e. The Bertz CT molecular complexity index is 988. The third-order valence-corrected chi connectivity index (χ3v) is 5.25. The number of allylic oxidation sites excluding steroid dienone is 2. The maximum atomic E-state index is 12.7. The van der Waals surface area contributed by atoms with Crippen molar-refractivity contribution in [3.05, 3.63) is 81.5 Å². The molecule has 176 valence electrons. The monoisotopic (exact) mass is 489 g/mol. The Labute approximate surface area is 205 Å². The van der Waals surface area contributed by atoms with Gasteiger partial charge in [0.05, 0.1) is 6.61 Å². The van der Waals surface area contributed by atoms with Crippen LogP contribution in [0.4, 0.5) is 0 Å². The summed E-state index contributed by atoms with van der Waals surface area (Å²) >= 11 is 12.0. The maximum Gasteiger partial charge on any atom is 0.303 e. The van der Waals surface area contributed by atoms with Crippen molar-refractivity contribution in [2.45, 2.75) is 45.6 Å². The lowest BCUT2D eigenvalue weighted by molar-refractivity contribution is -0.138. The molecule has 2 aromatic rings. The average Bonchev–Trinajstić information content (AvgIpc) is 2.74. The standard InChI is InChI=1S/C26H29Cl2NO4/c1-19(14-26(31)32)13-25(30)24(29-17-20-7-5-9-22(27)15-20)11-3-2-4-12-33-18-21-8-6-10-23(28)16-21/h5-11,15-17,19H,2-4,12-14,18H2,1H3,(H,31,32)/t19-/m0/s1. The number of carbonyl (C=O) groups excluding carboxylic acids is 1. The zero-order valence-electron chi connectivity index (χ0n) is 18.7. The molecule has 1 N–H and O–H groups in total. The molecular weight excluding hydrogens is 461 g/mol. The van der Waals surface area contributed by atoms with E-state index < -0.39 is 5.97 Å². The van der Waals surface area contributed by atoms with Gasteiger partial charge in [0.1, 0.15) is 5.70 Å². The molecule has 0 aliphatic carbocycles. The zero-order valence-corrected chi connectivity index (χ0v) is 20.2. The van der Waals surface area contributed by atoms with Gasteiger partial charge in [-0.2, -0.15) is 0 Å². The fourth-order valence-electron chi connectivity index (χ4n) is 3.16. The van der Waals surface area contributed by atoms with E-state index in [1.54, 1.807) is 25.3 Å². The van der Waals surface area contributed by atoms with Crippen LogP contribution in [0.2, 0.25) is 10.0 Å². The Morgan fingerprint density at radius 2 is 1.79 bits per heavy atom. The van der Waals surface area contributed by atoms with Crippen LogP contribution in [-0.4, -0.2) is 29.7 Å². The lowest BCUT2D eigenvalue weighted by Crippen LogP contribution is -2.11. The van der Waals surface area contributed by atoms with Crippen LogP contribution in [0.3, 0.4) is 0 Å². The number of ether oxygens (including phenoxy) is 1. The normalized spacial score (nSPS) is 12.8.